The third kappa shape index (κ3) is 5.74. The van der Waals surface area contributed by atoms with E-state index < -0.39 is 0 Å². The van der Waals surface area contributed by atoms with Crippen molar-refractivity contribution >= 4 is 59.3 Å². The van der Waals surface area contributed by atoms with E-state index in [1.54, 1.807) is 0 Å². The predicted octanol–water partition coefficient (Wildman–Crippen LogP) is 15.3. The minimum Gasteiger partial charge on any atom is -0.310 e. The minimum absolute atomic E-state index is 1.11. The van der Waals surface area contributed by atoms with Crippen LogP contribution in [-0.4, -0.2) is 0 Å². The lowest BCUT2D eigenvalue weighted by Crippen LogP contribution is -2.11. The van der Waals surface area contributed by atoms with Crippen LogP contribution in [0, 0.1) is 0 Å². The highest BCUT2D eigenvalue weighted by atomic mass is 32.1. The van der Waals surface area contributed by atoms with Crippen LogP contribution >= 0.6 is 11.3 Å². The Kier molecular flexibility index (Phi) is 8.09. The van der Waals surface area contributed by atoms with E-state index in [2.05, 4.69) is 217 Å². The molecule has 0 N–H and O–H groups in total. The molecule has 1 nitrogen and oxygen atoms in total. The van der Waals surface area contributed by atoms with Gasteiger partial charge < -0.3 is 4.90 Å². The summed E-state index contributed by atoms with van der Waals surface area (Å²) in [6, 6.07) is 77.1. The summed E-state index contributed by atoms with van der Waals surface area (Å²) >= 11 is 1.87. The molecule has 0 amide bonds. The highest BCUT2D eigenvalue weighted by molar-refractivity contribution is 7.26. The van der Waals surface area contributed by atoms with Crippen molar-refractivity contribution in [3.63, 3.8) is 0 Å². The lowest BCUT2D eigenvalue weighted by molar-refractivity contribution is 1.29. The van der Waals surface area contributed by atoms with E-state index in [9.17, 15) is 0 Å². The summed E-state index contributed by atoms with van der Waals surface area (Å²) < 4.78 is 2.57. The molecule has 0 saturated carbocycles. The summed E-state index contributed by atoms with van der Waals surface area (Å²) in [4.78, 5) is 2.43. The summed E-state index contributed by atoms with van der Waals surface area (Å²) in [7, 11) is 0. The van der Waals surface area contributed by atoms with Crippen LogP contribution in [0.3, 0.4) is 0 Å². The number of anilines is 3. The van der Waals surface area contributed by atoms with Crippen molar-refractivity contribution in [1.82, 2.24) is 0 Å². The van der Waals surface area contributed by atoms with Crippen molar-refractivity contribution in [2.24, 2.45) is 0 Å². The maximum Gasteiger partial charge on any atom is 0.0540 e. The van der Waals surface area contributed by atoms with Crippen molar-refractivity contribution in [1.29, 1.82) is 0 Å². The van der Waals surface area contributed by atoms with Crippen molar-refractivity contribution < 1.29 is 0 Å². The van der Waals surface area contributed by atoms with E-state index in [4.69, 9.17) is 0 Å². The maximum absolute atomic E-state index is 2.43. The molecule has 0 bridgehead atoms. The second kappa shape index (κ2) is 13.7. The van der Waals surface area contributed by atoms with E-state index >= 15 is 0 Å². The molecule has 0 aliphatic rings. The van der Waals surface area contributed by atoms with Crippen molar-refractivity contribution in [2.75, 3.05) is 4.90 Å². The zero-order valence-electron chi connectivity index (χ0n) is 29.6. The molecule has 0 atom stereocenters. The number of rotatable bonds is 7. The summed E-state index contributed by atoms with van der Waals surface area (Å²) in [5.41, 5.74) is 13.1. The Labute approximate surface area is 319 Å². The quantitative estimate of drug-likeness (QED) is 0.160. The van der Waals surface area contributed by atoms with Gasteiger partial charge in [-0.05, 0) is 98.2 Å². The van der Waals surface area contributed by atoms with Crippen LogP contribution in [0.1, 0.15) is 0 Å². The molecule has 0 fully saturated rings. The number of para-hydroxylation sites is 1. The summed E-state index contributed by atoms with van der Waals surface area (Å²) in [6.45, 7) is 0. The predicted molar refractivity (Wildman–Crippen MR) is 233 cm³/mol. The van der Waals surface area contributed by atoms with Gasteiger partial charge in [-0.2, -0.15) is 0 Å². The highest BCUT2D eigenvalue weighted by Gasteiger charge is 2.20. The Morgan fingerprint density at radius 1 is 0.315 bits per heavy atom. The van der Waals surface area contributed by atoms with Gasteiger partial charge in [0.15, 0.2) is 0 Å². The fourth-order valence-corrected chi connectivity index (χ4v) is 9.01. The molecule has 254 valence electrons. The largest absolute Gasteiger partial charge is 0.310 e. The molecule has 10 rings (SSSR count). The van der Waals surface area contributed by atoms with E-state index in [0.717, 1.165) is 17.1 Å². The van der Waals surface area contributed by atoms with E-state index in [1.807, 2.05) is 11.3 Å². The first-order chi connectivity index (χ1) is 26.8. The Morgan fingerprint density at radius 3 is 1.69 bits per heavy atom. The SMILES string of the molecule is c1ccc(-c2ccccc2-c2cccc3sc4ccc(N(c5ccc(-c6ccc7ccccc7c6)cc5)c5ccccc5-c5ccccc5)cc4c23)cc1. The van der Waals surface area contributed by atoms with Gasteiger partial charge in [0.25, 0.3) is 0 Å². The van der Waals surface area contributed by atoms with Gasteiger partial charge >= 0.3 is 0 Å². The normalized spacial score (nSPS) is 11.3. The molecule has 0 unspecified atom stereocenters. The third-order valence-electron chi connectivity index (χ3n) is 10.5. The first-order valence-electron chi connectivity index (χ1n) is 18.4. The lowest BCUT2D eigenvalue weighted by atomic mass is 9.92. The second-order valence-electron chi connectivity index (χ2n) is 13.7. The van der Waals surface area contributed by atoms with Crippen molar-refractivity contribution in [2.45, 2.75) is 0 Å². The zero-order valence-corrected chi connectivity index (χ0v) is 30.4. The molecule has 0 spiro atoms. The Morgan fingerprint density at radius 2 is 0.907 bits per heavy atom. The monoisotopic (exact) mass is 705 g/mol. The van der Waals surface area contributed by atoms with Gasteiger partial charge in [-0.1, -0.05) is 164 Å². The lowest BCUT2D eigenvalue weighted by Gasteiger charge is -2.28. The molecule has 1 aromatic heterocycles. The number of benzene rings is 9. The van der Waals surface area contributed by atoms with Gasteiger partial charge in [0.1, 0.15) is 0 Å². The molecule has 2 heteroatoms. The third-order valence-corrected chi connectivity index (χ3v) is 11.6. The first-order valence-corrected chi connectivity index (χ1v) is 19.2. The molecule has 10 aromatic rings. The van der Waals surface area contributed by atoms with E-state index in [1.165, 1.54) is 75.5 Å². The van der Waals surface area contributed by atoms with Crippen molar-refractivity contribution in [3.05, 3.63) is 212 Å². The maximum atomic E-state index is 2.43. The second-order valence-corrected chi connectivity index (χ2v) is 14.8. The van der Waals surface area contributed by atoms with Gasteiger partial charge in [-0.25, -0.2) is 0 Å². The van der Waals surface area contributed by atoms with Crippen molar-refractivity contribution in [3.8, 4) is 44.5 Å². The molecule has 0 saturated heterocycles. The van der Waals surface area contributed by atoms with Crippen LogP contribution in [0.25, 0.3) is 75.5 Å². The molecular formula is C52H35NS. The van der Waals surface area contributed by atoms with Gasteiger partial charge in [-0.3, -0.25) is 0 Å². The molecule has 0 radical (unpaired) electrons. The van der Waals surface area contributed by atoms with E-state index in [0.29, 0.717) is 0 Å². The van der Waals surface area contributed by atoms with E-state index in [-0.39, 0.29) is 0 Å². The molecule has 0 aliphatic heterocycles. The average Bonchev–Trinajstić information content (AvgIpc) is 3.63. The molecule has 9 aromatic carbocycles. The standard InChI is InChI=1S/C52H35NS/c1-3-15-38(16-4-1)44-20-9-10-22-46(44)47-23-13-25-51-52(47)48-35-43(32-33-50(48)54-51)53(49-24-12-11-21-45(49)39-17-5-2-6-18-39)42-30-28-37(29-31-42)41-27-26-36-14-7-8-19-40(36)34-41/h1-35H. The molecule has 1 heterocycles. The first kappa shape index (κ1) is 32.0. The summed E-state index contributed by atoms with van der Waals surface area (Å²) in [5, 5.41) is 5.07. The van der Waals surface area contributed by atoms with Crippen LogP contribution in [0.2, 0.25) is 0 Å². The van der Waals surface area contributed by atoms with Gasteiger partial charge in [0, 0.05) is 37.1 Å². The number of nitrogens with zero attached hydrogens (tertiary/aromatic N) is 1. The minimum atomic E-state index is 1.11. The summed E-state index contributed by atoms with van der Waals surface area (Å²) in [5.74, 6) is 0. The number of thiophene rings is 1. The smallest absolute Gasteiger partial charge is 0.0540 e. The number of hydrogen-bond donors (Lipinski definition) is 0. The molecule has 54 heavy (non-hydrogen) atoms. The fourth-order valence-electron chi connectivity index (χ4n) is 7.90. The Hall–Kier alpha value is -6.74. The highest BCUT2D eigenvalue weighted by Crippen LogP contribution is 2.47. The topological polar surface area (TPSA) is 3.24 Å². The van der Waals surface area contributed by atoms with Crippen LogP contribution in [0.5, 0.6) is 0 Å². The van der Waals surface area contributed by atoms with Crippen LogP contribution in [-0.2, 0) is 0 Å². The fraction of sp³-hybridized carbons (Fsp3) is 0. The zero-order chi connectivity index (χ0) is 35.8. The van der Waals surface area contributed by atoms with Crippen LogP contribution < -0.4 is 4.90 Å². The van der Waals surface area contributed by atoms with Gasteiger partial charge in [-0.15, -0.1) is 11.3 Å². The number of fused-ring (bicyclic) bond motifs is 4. The summed E-state index contributed by atoms with van der Waals surface area (Å²) in [6.07, 6.45) is 0. The Balaban J connectivity index is 1.16. The van der Waals surface area contributed by atoms with Gasteiger partial charge in [0.2, 0.25) is 0 Å². The Bertz CT molecular complexity index is 2920. The molecular weight excluding hydrogens is 671 g/mol. The van der Waals surface area contributed by atoms with Gasteiger partial charge in [0.05, 0.1) is 5.69 Å². The van der Waals surface area contributed by atoms with Crippen LogP contribution in [0.15, 0.2) is 212 Å². The number of hydrogen-bond acceptors (Lipinski definition) is 2. The van der Waals surface area contributed by atoms with Crippen LogP contribution in [0.4, 0.5) is 17.1 Å². The molecule has 0 aliphatic carbocycles. The average molecular weight is 706 g/mol.